The molecule has 8 heteroatoms. The lowest BCUT2D eigenvalue weighted by Gasteiger charge is -2.40. The lowest BCUT2D eigenvalue weighted by atomic mass is 9.76. The number of Topliss-reactive ketones (excluding diaryl/α,β-unsaturated/α-hetero) is 1. The molecular formula is C17H26N4O4. The van der Waals surface area contributed by atoms with Gasteiger partial charge in [0.05, 0.1) is 18.1 Å². The average molecular weight is 350 g/mol. The molecule has 3 atom stereocenters. The van der Waals surface area contributed by atoms with Gasteiger partial charge in [-0.05, 0) is 32.1 Å². The van der Waals surface area contributed by atoms with Gasteiger partial charge in [0, 0.05) is 18.9 Å². The number of nitrogens with two attached hydrogens (primary N) is 2. The number of nitrogens with zero attached hydrogens (tertiary/aromatic N) is 2. The second-order valence-electron chi connectivity index (χ2n) is 7.64. The van der Waals surface area contributed by atoms with Gasteiger partial charge in [-0.2, -0.15) is 0 Å². The fourth-order valence-corrected chi connectivity index (χ4v) is 4.06. The Bertz CT molecular complexity index is 616. The maximum absolute atomic E-state index is 12.7. The second-order valence-corrected chi connectivity index (χ2v) is 7.64. The predicted molar refractivity (Wildman–Crippen MR) is 89.0 cm³/mol. The summed E-state index contributed by atoms with van der Waals surface area (Å²) >= 11 is 0. The number of hydrogen-bond donors (Lipinski definition) is 2. The number of carbonyl (C=O) groups is 4. The van der Waals surface area contributed by atoms with Crippen molar-refractivity contribution in [1.29, 1.82) is 0 Å². The first-order valence-electron chi connectivity index (χ1n) is 8.96. The number of likely N-dealkylation sites (tertiary alicyclic amines) is 2. The van der Waals surface area contributed by atoms with Crippen molar-refractivity contribution < 1.29 is 19.2 Å². The predicted octanol–water partition coefficient (Wildman–Crippen LogP) is -0.850. The fraction of sp³-hybridized carbons (Fsp3) is 0.765. The molecule has 0 aromatic rings. The van der Waals surface area contributed by atoms with Crippen LogP contribution in [0, 0.1) is 5.92 Å². The van der Waals surface area contributed by atoms with E-state index in [1.807, 2.05) is 0 Å². The highest BCUT2D eigenvalue weighted by Crippen LogP contribution is 2.36. The number of fused-ring (bicyclic) bond motifs is 1. The summed E-state index contributed by atoms with van der Waals surface area (Å²) in [4.78, 5) is 51.9. The smallest absolute Gasteiger partial charge is 0.243 e. The van der Waals surface area contributed by atoms with Crippen LogP contribution in [-0.4, -0.2) is 64.0 Å². The highest BCUT2D eigenvalue weighted by atomic mass is 16.2. The van der Waals surface area contributed by atoms with Gasteiger partial charge in [-0.15, -0.1) is 0 Å². The summed E-state index contributed by atoms with van der Waals surface area (Å²) in [6.07, 6.45) is 3.37. The van der Waals surface area contributed by atoms with Crippen LogP contribution >= 0.6 is 0 Å². The Morgan fingerprint density at radius 3 is 2.52 bits per heavy atom. The van der Waals surface area contributed by atoms with Crippen molar-refractivity contribution in [3.8, 4) is 0 Å². The molecule has 3 unspecified atom stereocenters. The van der Waals surface area contributed by atoms with E-state index in [2.05, 4.69) is 0 Å². The molecule has 2 heterocycles. The average Bonchev–Trinajstić information content (AvgIpc) is 3.10. The van der Waals surface area contributed by atoms with Crippen LogP contribution in [0.5, 0.6) is 0 Å². The van der Waals surface area contributed by atoms with Crippen LogP contribution in [0.25, 0.3) is 0 Å². The SMILES string of the molecule is CC(CCC(=O)N1CCC2C1C(=O)CN2C(=O)C1(N)CCC1)C(N)=O. The van der Waals surface area contributed by atoms with Crippen LogP contribution in [0.1, 0.15) is 45.4 Å². The summed E-state index contributed by atoms with van der Waals surface area (Å²) in [5.41, 5.74) is 10.5. The van der Waals surface area contributed by atoms with Crippen molar-refractivity contribution in [1.82, 2.24) is 9.80 Å². The van der Waals surface area contributed by atoms with Gasteiger partial charge < -0.3 is 21.3 Å². The Morgan fingerprint density at radius 2 is 1.96 bits per heavy atom. The van der Waals surface area contributed by atoms with Crippen molar-refractivity contribution in [2.24, 2.45) is 17.4 Å². The molecule has 0 aromatic heterocycles. The Balaban J connectivity index is 1.65. The number of ketones is 1. The van der Waals surface area contributed by atoms with Crippen LogP contribution in [0.4, 0.5) is 0 Å². The monoisotopic (exact) mass is 350 g/mol. The summed E-state index contributed by atoms with van der Waals surface area (Å²) in [7, 11) is 0. The van der Waals surface area contributed by atoms with Gasteiger partial charge >= 0.3 is 0 Å². The minimum absolute atomic E-state index is 0.0363. The molecule has 3 amide bonds. The first kappa shape index (κ1) is 17.8. The normalized spacial score (nSPS) is 28.5. The molecule has 2 aliphatic heterocycles. The zero-order chi connectivity index (χ0) is 18.4. The van der Waals surface area contributed by atoms with Crippen LogP contribution in [0.2, 0.25) is 0 Å². The van der Waals surface area contributed by atoms with Crippen molar-refractivity contribution in [3.63, 3.8) is 0 Å². The summed E-state index contributed by atoms with van der Waals surface area (Å²) in [6.45, 7) is 2.17. The third-order valence-corrected chi connectivity index (χ3v) is 5.95. The van der Waals surface area contributed by atoms with Crippen molar-refractivity contribution in [2.75, 3.05) is 13.1 Å². The topological polar surface area (TPSA) is 127 Å². The summed E-state index contributed by atoms with van der Waals surface area (Å²) in [6, 6.07) is -0.831. The Kier molecular flexibility index (Phi) is 4.57. The Labute approximate surface area is 146 Å². The van der Waals surface area contributed by atoms with Gasteiger partial charge in [0.25, 0.3) is 0 Å². The Morgan fingerprint density at radius 1 is 1.28 bits per heavy atom. The molecule has 0 aromatic carbocycles. The van der Waals surface area contributed by atoms with Crippen molar-refractivity contribution in [2.45, 2.75) is 63.1 Å². The van der Waals surface area contributed by atoms with E-state index in [9.17, 15) is 19.2 Å². The van der Waals surface area contributed by atoms with Crippen molar-refractivity contribution in [3.05, 3.63) is 0 Å². The number of hydrogen-bond acceptors (Lipinski definition) is 5. The van der Waals surface area contributed by atoms with Gasteiger partial charge in [-0.1, -0.05) is 6.92 Å². The molecule has 3 aliphatic rings. The largest absolute Gasteiger partial charge is 0.369 e. The molecule has 4 N–H and O–H groups in total. The number of amides is 3. The molecule has 0 radical (unpaired) electrons. The molecule has 25 heavy (non-hydrogen) atoms. The molecule has 3 fully saturated rings. The Hall–Kier alpha value is -1.96. The molecule has 0 bridgehead atoms. The second kappa shape index (κ2) is 6.40. The molecule has 1 saturated carbocycles. The van der Waals surface area contributed by atoms with Gasteiger partial charge in [0.2, 0.25) is 17.7 Å². The van der Waals surface area contributed by atoms with Crippen LogP contribution in [-0.2, 0) is 19.2 Å². The minimum Gasteiger partial charge on any atom is -0.369 e. The lowest BCUT2D eigenvalue weighted by molar-refractivity contribution is -0.141. The van der Waals surface area contributed by atoms with E-state index in [1.165, 1.54) is 0 Å². The highest BCUT2D eigenvalue weighted by Gasteiger charge is 2.54. The molecule has 2 saturated heterocycles. The summed E-state index contributed by atoms with van der Waals surface area (Å²) in [5.74, 6) is -1.23. The third kappa shape index (κ3) is 3.03. The van der Waals surface area contributed by atoms with Crippen LogP contribution < -0.4 is 11.5 Å². The van der Waals surface area contributed by atoms with Crippen LogP contribution in [0.3, 0.4) is 0 Å². The van der Waals surface area contributed by atoms with Gasteiger partial charge in [-0.25, -0.2) is 0 Å². The zero-order valence-corrected chi connectivity index (χ0v) is 14.6. The maximum atomic E-state index is 12.7. The standard InChI is InChI=1S/C17H26N4O4/c1-10(15(18)24)3-4-13(23)20-8-5-11-14(20)12(22)9-21(11)16(25)17(19)6-2-7-17/h10-11,14H,2-9,19H2,1H3,(H2,18,24). The first-order valence-corrected chi connectivity index (χ1v) is 8.96. The van der Waals surface area contributed by atoms with Gasteiger partial charge in [0.15, 0.2) is 5.78 Å². The third-order valence-electron chi connectivity index (χ3n) is 5.95. The highest BCUT2D eigenvalue weighted by molar-refractivity contribution is 5.99. The lowest BCUT2D eigenvalue weighted by Crippen LogP contribution is -2.60. The van der Waals surface area contributed by atoms with Crippen LogP contribution in [0.15, 0.2) is 0 Å². The zero-order valence-electron chi connectivity index (χ0n) is 14.6. The summed E-state index contributed by atoms with van der Waals surface area (Å²) in [5, 5.41) is 0. The molecule has 0 spiro atoms. The van der Waals surface area contributed by atoms with E-state index >= 15 is 0 Å². The van der Waals surface area contributed by atoms with E-state index in [0.29, 0.717) is 32.2 Å². The quantitative estimate of drug-likeness (QED) is 0.668. The number of carbonyl (C=O) groups excluding carboxylic acids is 4. The van der Waals surface area contributed by atoms with Crippen molar-refractivity contribution >= 4 is 23.5 Å². The molecule has 1 aliphatic carbocycles. The van der Waals surface area contributed by atoms with E-state index in [1.54, 1.807) is 16.7 Å². The first-order chi connectivity index (χ1) is 11.7. The number of rotatable bonds is 5. The maximum Gasteiger partial charge on any atom is 0.243 e. The van der Waals surface area contributed by atoms with Gasteiger partial charge in [0.1, 0.15) is 6.04 Å². The molecule has 8 nitrogen and oxygen atoms in total. The van der Waals surface area contributed by atoms with E-state index in [0.717, 1.165) is 6.42 Å². The fourth-order valence-electron chi connectivity index (χ4n) is 4.06. The molecule has 138 valence electrons. The van der Waals surface area contributed by atoms with Gasteiger partial charge in [-0.3, -0.25) is 19.2 Å². The number of primary amides is 1. The van der Waals surface area contributed by atoms with E-state index in [-0.39, 0.29) is 42.5 Å². The summed E-state index contributed by atoms with van der Waals surface area (Å²) < 4.78 is 0. The minimum atomic E-state index is -0.830. The van der Waals surface area contributed by atoms with E-state index in [4.69, 9.17) is 11.5 Å². The molecule has 3 rings (SSSR count). The molecular weight excluding hydrogens is 324 g/mol. The van der Waals surface area contributed by atoms with E-state index < -0.39 is 17.5 Å².